The van der Waals surface area contributed by atoms with Gasteiger partial charge in [0, 0.05) is 17.5 Å². The molecular formula is C12H14F3N3O. The molecule has 0 aromatic heterocycles. The number of alkyl halides is 2. The van der Waals surface area contributed by atoms with Crippen LogP contribution in [0.1, 0.15) is 12.5 Å². The number of anilines is 1. The van der Waals surface area contributed by atoms with Gasteiger partial charge in [-0.3, -0.25) is 10.7 Å². The zero-order chi connectivity index (χ0) is 14.3. The zero-order valence-electron chi connectivity index (χ0n) is 10.2. The first-order valence-electron chi connectivity index (χ1n) is 5.60. The maximum Gasteiger partial charge on any atom is 0.269 e. The molecule has 4 N–H and O–H groups in total. The van der Waals surface area contributed by atoms with Crippen molar-refractivity contribution in [2.24, 2.45) is 10.7 Å². The number of nitrogen functional groups attached to an aromatic ring is 1. The largest absolute Gasteiger partial charge is 0.399 e. The van der Waals surface area contributed by atoms with Crippen LogP contribution in [0.25, 0.3) is 0 Å². The van der Waals surface area contributed by atoms with Crippen LogP contribution < -0.4 is 11.5 Å². The first-order valence-corrected chi connectivity index (χ1v) is 5.60. The summed E-state index contributed by atoms with van der Waals surface area (Å²) in [6.07, 6.45) is -1.89. The number of aliphatic imine (C=N–C) groups is 1. The summed E-state index contributed by atoms with van der Waals surface area (Å²) < 4.78 is 45.7. The average molecular weight is 273 g/mol. The summed E-state index contributed by atoms with van der Waals surface area (Å²) >= 11 is 0. The van der Waals surface area contributed by atoms with Gasteiger partial charge in [0.2, 0.25) is 0 Å². The molecule has 19 heavy (non-hydrogen) atoms. The predicted molar refractivity (Wildman–Crippen MR) is 65.5 cm³/mol. The highest BCUT2D eigenvalue weighted by Crippen LogP contribution is 2.38. The minimum absolute atomic E-state index is 0.174. The van der Waals surface area contributed by atoms with Crippen LogP contribution in [0.15, 0.2) is 23.2 Å². The van der Waals surface area contributed by atoms with E-state index in [2.05, 4.69) is 4.99 Å². The van der Waals surface area contributed by atoms with Gasteiger partial charge in [-0.05, 0) is 25.1 Å². The van der Waals surface area contributed by atoms with Crippen molar-refractivity contribution < 1.29 is 17.9 Å². The lowest BCUT2D eigenvalue weighted by Gasteiger charge is -2.37. The van der Waals surface area contributed by atoms with Gasteiger partial charge in [0.15, 0.2) is 5.54 Å². The van der Waals surface area contributed by atoms with Gasteiger partial charge in [-0.15, -0.1) is 0 Å². The van der Waals surface area contributed by atoms with Gasteiger partial charge in [-0.2, -0.15) is 0 Å². The lowest BCUT2D eigenvalue weighted by Crippen LogP contribution is -2.52. The van der Waals surface area contributed by atoms with Crippen molar-refractivity contribution in [1.29, 1.82) is 0 Å². The van der Waals surface area contributed by atoms with Gasteiger partial charge < -0.3 is 10.5 Å². The van der Waals surface area contributed by atoms with Crippen molar-refractivity contribution in [2.45, 2.75) is 24.6 Å². The molecule has 2 rings (SSSR count). The van der Waals surface area contributed by atoms with Crippen LogP contribution >= 0.6 is 0 Å². The van der Waals surface area contributed by atoms with Crippen molar-refractivity contribution in [2.75, 3.05) is 12.3 Å². The maximum absolute atomic E-state index is 13.8. The first-order chi connectivity index (χ1) is 8.77. The number of hydrogen-bond donors (Lipinski definition) is 2. The average Bonchev–Trinajstić information content (AvgIpc) is 2.33. The molecule has 0 unspecified atom stereocenters. The second-order valence-electron chi connectivity index (χ2n) is 4.69. The summed E-state index contributed by atoms with van der Waals surface area (Å²) in [4.78, 5) is 3.76. The zero-order valence-corrected chi connectivity index (χ0v) is 10.2. The number of hydrogen-bond acceptors (Lipinski definition) is 4. The Bertz CT molecular complexity index is 519. The fourth-order valence-corrected chi connectivity index (χ4v) is 1.84. The van der Waals surface area contributed by atoms with E-state index in [9.17, 15) is 13.2 Å². The van der Waals surface area contributed by atoms with Crippen molar-refractivity contribution in [3.63, 3.8) is 0 Å². The maximum atomic E-state index is 13.8. The molecule has 1 aromatic rings. The van der Waals surface area contributed by atoms with E-state index in [0.29, 0.717) is 0 Å². The quantitative estimate of drug-likeness (QED) is 0.804. The predicted octanol–water partition coefficient (Wildman–Crippen LogP) is 1.64. The van der Waals surface area contributed by atoms with Gasteiger partial charge in [-0.1, -0.05) is 0 Å². The third-order valence-electron chi connectivity index (χ3n) is 2.97. The molecule has 0 bridgehead atoms. The lowest BCUT2D eigenvalue weighted by molar-refractivity contribution is -0.0669. The minimum Gasteiger partial charge on any atom is -0.399 e. The van der Waals surface area contributed by atoms with Gasteiger partial charge in [-0.25, -0.2) is 13.2 Å². The summed E-state index contributed by atoms with van der Waals surface area (Å²) in [7, 11) is 0. The second-order valence-corrected chi connectivity index (χ2v) is 4.69. The number of nitrogens with zero attached hydrogens (tertiary/aromatic N) is 1. The Hall–Kier alpha value is -1.60. The molecular weight excluding hydrogens is 259 g/mol. The lowest BCUT2D eigenvalue weighted by atomic mass is 9.89. The molecule has 0 aliphatic carbocycles. The van der Waals surface area contributed by atoms with Gasteiger partial charge in [0.25, 0.3) is 6.43 Å². The van der Waals surface area contributed by atoms with Crippen LogP contribution in [0.3, 0.4) is 0 Å². The molecule has 7 heteroatoms. The van der Waals surface area contributed by atoms with Crippen molar-refractivity contribution in [3.8, 4) is 0 Å². The number of rotatable bonds is 2. The van der Waals surface area contributed by atoms with Crippen molar-refractivity contribution in [1.82, 2.24) is 0 Å². The highest BCUT2D eigenvalue weighted by atomic mass is 19.3. The molecule has 0 amide bonds. The van der Waals surface area contributed by atoms with Gasteiger partial charge in [0.05, 0.1) is 6.61 Å². The van der Waals surface area contributed by atoms with E-state index in [-0.39, 0.29) is 11.3 Å². The number of halogens is 3. The van der Waals surface area contributed by atoms with E-state index >= 15 is 0 Å². The van der Waals surface area contributed by atoms with Crippen molar-refractivity contribution >= 4 is 11.9 Å². The SMILES string of the molecule is C[C@]1(N)C=N[C@@](c2cc(N)ccc2F)(C(F)F)CO1. The Labute approximate surface area is 108 Å². The molecule has 4 nitrogen and oxygen atoms in total. The summed E-state index contributed by atoms with van der Waals surface area (Å²) in [5, 5.41) is 0. The fraction of sp³-hybridized carbons (Fsp3) is 0.417. The Balaban J connectivity index is 2.56. The van der Waals surface area contributed by atoms with Crippen LogP contribution in [0, 0.1) is 5.82 Å². The van der Waals surface area contributed by atoms with Crippen LogP contribution in [-0.2, 0) is 10.3 Å². The van der Waals surface area contributed by atoms with Crippen LogP contribution in [0.5, 0.6) is 0 Å². The van der Waals surface area contributed by atoms with Crippen LogP contribution in [0.4, 0.5) is 18.9 Å². The molecule has 0 fully saturated rings. The molecule has 0 saturated heterocycles. The summed E-state index contributed by atoms with van der Waals surface area (Å²) in [6, 6.07) is 3.46. The monoisotopic (exact) mass is 273 g/mol. The third-order valence-corrected chi connectivity index (χ3v) is 2.97. The molecule has 2 atom stereocenters. The smallest absolute Gasteiger partial charge is 0.269 e. The second kappa shape index (κ2) is 4.50. The normalized spacial score (nSPS) is 30.8. The molecule has 0 spiro atoms. The van der Waals surface area contributed by atoms with E-state index in [1.165, 1.54) is 13.0 Å². The molecule has 1 aromatic carbocycles. The summed E-state index contributed by atoms with van der Waals surface area (Å²) in [5.41, 5.74) is 7.65. The Kier molecular flexibility index (Phi) is 3.27. The number of ether oxygens (including phenoxy) is 1. The topological polar surface area (TPSA) is 73.6 Å². The summed E-state index contributed by atoms with van der Waals surface area (Å²) in [6.45, 7) is 0.955. The third kappa shape index (κ3) is 2.43. The van der Waals surface area contributed by atoms with E-state index in [0.717, 1.165) is 18.3 Å². The molecule has 0 saturated carbocycles. The van der Waals surface area contributed by atoms with Crippen LogP contribution in [-0.4, -0.2) is 25.0 Å². The van der Waals surface area contributed by atoms with E-state index in [4.69, 9.17) is 16.2 Å². The van der Waals surface area contributed by atoms with Gasteiger partial charge in [0.1, 0.15) is 11.5 Å². The molecule has 1 heterocycles. The Morgan fingerprint density at radius 3 is 2.63 bits per heavy atom. The molecule has 1 aliphatic heterocycles. The molecule has 0 radical (unpaired) electrons. The standard InChI is InChI=1S/C12H14F3N3O/c1-11(17)5-18-12(6-19-11,10(14)15)8-4-7(16)2-3-9(8)13/h2-5,10H,6,16-17H2,1H3/t11-,12+/m1/s1. The first kappa shape index (κ1) is 13.8. The van der Waals surface area contributed by atoms with Crippen LogP contribution in [0.2, 0.25) is 0 Å². The Morgan fingerprint density at radius 2 is 2.11 bits per heavy atom. The number of benzene rings is 1. The van der Waals surface area contributed by atoms with Crippen molar-refractivity contribution in [3.05, 3.63) is 29.6 Å². The molecule has 104 valence electrons. The minimum atomic E-state index is -2.95. The van der Waals surface area contributed by atoms with E-state index in [1.807, 2.05) is 0 Å². The number of nitrogens with two attached hydrogens (primary N) is 2. The van der Waals surface area contributed by atoms with E-state index in [1.54, 1.807) is 0 Å². The highest BCUT2D eigenvalue weighted by molar-refractivity contribution is 5.69. The fourth-order valence-electron chi connectivity index (χ4n) is 1.84. The molecule has 1 aliphatic rings. The Morgan fingerprint density at radius 1 is 1.42 bits per heavy atom. The van der Waals surface area contributed by atoms with E-state index < -0.39 is 30.1 Å². The summed E-state index contributed by atoms with van der Waals surface area (Å²) in [5.74, 6) is -0.809. The highest BCUT2D eigenvalue weighted by Gasteiger charge is 2.47. The van der Waals surface area contributed by atoms with Gasteiger partial charge >= 0.3 is 0 Å².